The Morgan fingerprint density at radius 2 is 1.83 bits per heavy atom. The van der Waals surface area contributed by atoms with Crippen LogP contribution in [0.3, 0.4) is 0 Å². The standard InChI is InChI=1S/C19H18N4S/c1-13-6-11-21-18(12-13)22-15(3)24-19-14(2)4-5-17(23-19)16-7-9-20-10-8-16/h4-12H,3H2,1-2H3,(H,21,22). The Labute approximate surface area is 146 Å². The average molecular weight is 334 g/mol. The first-order chi connectivity index (χ1) is 11.6. The smallest absolute Gasteiger partial charge is 0.130 e. The van der Waals surface area contributed by atoms with Crippen molar-refractivity contribution in [2.45, 2.75) is 18.9 Å². The monoisotopic (exact) mass is 334 g/mol. The molecule has 0 fully saturated rings. The van der Waals surface area contributed by atoms with Crippen LogP contribution in [0.2, 0.25) is 0 Å². The van der Waals surface area contributed by atoms with Gasteiger partial charge in [0.2, 0.25) is 0 Å². The van der Waals surface area contributed by atoms with Gasteiger partial charge in [0.25, 0.3) is 0 Å². The van der Waals surface area contributed by atoms with Crippen molar-refractivity contribution in [2.24, 2.45) is 0 Å². The van der Waals surface area contributed by atoms with Gasteiger partial charge in [-0.15, -0.1) is 0 Å². The Hall–Kier alpha value is -2.66. The second kappa shape index (κ2) is 7.27. The molecule has 3 aromatic rings. The lowest BCUT2D eigenvalue weighted by Crippen LogP contribution is -1.99. The Kier molecular flexibility index (Phi) is 4.91. The van der Waals surface area contributed by atoms with E-state index in [-0.39, 0.29) is 0 Å². The molecular formula is C19H18N4S. The van der Waals surface area contributed by atoms with Crippen LogP contribution in [0.5, 0.6) is 0 Å². The molecule has 0 radical (unpaired) electrons. The van der Waals surface area contributed by atoms with E-state index in [0.717, 1.165) is 38.3 Å². The molecule has 24 heavy (non-hydrogen) atoms. The summed E-state index contributed by atoms with van der Waals surface area (Å²) in [6, 6.07) is 12.0. The van der Waals surface area contributed by atoms with Crippen LogP contribution in [0.15, 0.2) is 71.6 Å². The van der Waals surface area contributed by atoms with Gasteiger partial charge in [0.05, 0.1) is 10.7 Å². The maximum Gasteiger partial charge on any atom is 0.130 e. The fraction of sp³-hybridized carbons (Fsp3) is 0.105. The summed E-state index contributed by atoms with van der Waals surface area (Å²) < 4.78 is 0. The third-order valence-electron chi connectivity index (χ3n) is 3.43. The largest absolute Gasteiger partial charge is 0.335 e. The molecule has 0 aromatic carbocycles. The molecule has 120 valence electrons. The van der Waals surface area contributed by atoms with E-state index in [1.165, 1.54) is 11.8 Å². The third-order valence-corrected chi connectivity index (χ3v) is 4.38. The van der Waals surface area contributed by atoms with Gasteiger partial charge in [-0.25, -0.2) is 9.97 Å². The summed E-state index contributed by atoms with van der Waals surface area (Å²) in [5.74, 6) is 0.787. The first kappa shape index (κ1) is 16.2. The molecule has 3 aromatic heterocycles. The van der Waals surface area contributed by atoms with Gasteiger partial charge < -0.3 is 5.32 Å². The van der Waals surface area contributed by atoms with Crippen LogP contribution in [0.1, 0.15) is 11.1 Å². The highest BCUT2D eigenvalue weighted by molar-refractivity contribution is 8.03. The topological polar surface area (TPSA) is 50.7 Å². The number of thioether (sulfide) groups is 1. The molecule has 0 unspecified atom stereocenters. The zero-order valence-electron chi connectivity index (χ0n) is 13.7. The Balaban J connectivity index is 1.78. The summed E-state index contributed by atoms with van der Waals surface area (Å²) in [5, 5.41) is 4.94. The van der Waals surface area contributed by atoms with E-state index in [1.807, 2.05) is 44.2 Å². The molecule has 1 N–H and O–H groups in total. The minimum atomic E-state index is 0.787. The number of hydrogen-bond acceptors (Lipinski definition) is 5. The van der Waals surface area contributed by atoms with E-state index in [1.54, 1.807) is 18.6 Å². The van der Waals surface area contributed by atoms with Gasteiger partial charge in [-0.2, -0.15) is 0 Å². The SMILES string of the molecule is C=C(Nc1cc(C)ccn1)Sc1nc(-c2ccncc2)ccc1C. The number of nitrogens with zero attached hydrogens (tertiary/aromatic N) is 3. The highest BCUT2D eigenvalue weighted by Gasteiger charge is 2.08. The highest BCUT2D eigenvalue weighted by atomic mass is 32.2. The molecule has 3 rings (SSSR count). The molecule has 0 spiro atoms. The number of pyridine rings is 3. The van der Waals surface area contributed by atoms with E-state index in [4.69, 9.17) is 4.98 Å². The zero-order chi connectivity index (χ0) is 16.9. The quantitative estimate of drug-likeness (QED) is 0.677. The maximum atomic E-state index is 4.76. The third kappa shape index (κ3) is 4.00. The van der Waals surface area contributed by atoms with Gasteiger partial charge in [-0.05, 0) is 55.3 Å². The van der Waals surface area contributed by atoms with E-state index in [0.29, 0.717) is 0 Å². The van der Waals surface area contributed by atoms with Gasteiger partial charge in [0.15, 0.2) is 0 Å². The van der Waals surface area contributed by atoms with Gasteiger partial charge in [0.1, 0.15) is 10.8 Å². The average Bonchev–Trinajstić information content (AvgIpc) is 2.57. The van der Waals surface area contributed by atoms with Crippen LogP contribution in [-0.4, -0.2) is 15.0 Å². The predicted octanol–water partition coefficient (Wildman–Crippen LogP) is 4.83. The fourth-order valence-electron chi connectivity index (χ4n) is 2.19. The lowest BCUT2D eigenvalue weighted by molar-refractivity contribution is 1.09. The van der Waals surface area contributed by atoms with Crippen LogP contribution in [-0.2, 0) is 0 Å². The minimum absolute atomic E-state index is 0.787. The molecule has 0 saturated heterocycles. The Morgan fingerprint density at radius 3 is 2.58 bits per heavy atom. The summed E-state index contributed by atoms with van der Waals surface area (Å²) >= 11 is 1.51. The van der Waals surface area contributed by atoms with Crippen molar-refractivity contribution in [3.8, 4) is 11.3 Å². The van der Waals surface area contributed by atoms with Gasteiger partial charge in [-0.1, -0.05) is 24.4 Å². The molecule has 3 heterocycles. The number of aryl methyl sites for hydroxylation is 2. The molecular weight excluding hydrogens is 316 g/mol. The lowest BCUT2D eigenvalue weighted by atomic mass is 10.1. The molecule has 0 saturated carbocycles. The molecule has 5 heteroatoms. The summed E-state index contributed by atoms with van der Waals surface area (Å²) in [4.78, 5) is 13.1. The summed E-state index contributed by atoms with van der Waals surface area (Å²) in [6.45, 7) is 8.16. The van der Waals surface area contributed by atoms with E-state index in [2.05, 4.69) is 27.9 Å². The zero-order valence-corrected chi connectivity index (χ0v) is 14.5. The number of aromatic nitrogens is 3. The van der Waals surface area contributed by atoms with E-state index < -0.39 is 0 Å². The molecule has 0 aliphatic heterocycles. The van der Waals surface area contributed by atoms with E-state index >= 15 is 0 Å². The number of nitrogens with one attached hydrogen (secondary N) is 1. The molecule has 0 aliphatic rings. The fourth-order valence-corrected chi connectivity index (χ4v) is 2.95. The van der Waals surface area contributed by atoms with Crippen molar-refractivity contribution in [1.82, 2.24) is 15.0 Å². The van der Waals surface area contributed by atoms with Crippen molar-refractivity contribution in [2.75, 3.05) is 5.32 Å². The van der Waals surface area contributed by atoms with Gasteiger partial charge in [-0.3, -0.25) is 4.98 Å². The minimum Gasteiger partial charge on any atom is -0.335 e. The van der Waals surface area contributed by atoms with E-state index in [9.17, 15) is 0 Å². The van der Waals surface area contributed by atoms with Crippen LogP contribution in [0.4, 0.5) is 5.82 Å². The van der Waals surface area contributed by atoms with Crippen LogP contribution in [0.25, 0.3) is 11.3 Å². The second-order valence-electron chi connectivity index (χ2n) is 5.42. The first-order valence-corrected chi connectivity index (χ1v) is 8.38. The highest BCUT2D eigenvalue weighted by Crippen LogP contribution is 2.29. The maximum absolute atomic E-state index is 4.76. The van der Waals surface area contributed by atoms with Crippen molar-refractivity contribution in [3.63, 3.8) is 0 Å². The van der Waals surface area contributed by atoms with Crippen LogP contribution < -0.4 is 5.32 Å². The lowest BCUT2D eigenvalue weighted by Gasteiger charge is -2.11. The number of anilines is 1. The summed E-state index contributed by atoms with van der Waals surface area (Å²) in [6.07, 6.45) is 5.32. The summed E-state index contributed by atoms with van der Waals surface area (Å²) in [7, 11) is 0. The first-order valence-electron chi connectivity index (χ1n) is 7.56. The van der Waals surface area contributed by atoms with Crippen molar-refractivity contribution < 1.29 is 0 Å². The molecule has 0 bridgehead atoms. The molecule has 4 nitrogen and oxygen atoms in total. The van der Waals surface area contributed by atoms with Gasteiger partial charge >= 0.3 is 0 Å². The molecule has 0 atom stereocenters. The Bertz CT molecular complexity index is 862. The van der Waals surface area contributed by atoms with Crippen molar-refractivity contribution in [3.05, 3.63) is 77.7 Å². The molecule has 0 aliphatic carbocycles. The number of rotatable bonds is 5. The second-order valence-corrected chi connectivity index (χ2v) is 6.51. The van der Waals surface area contributed by atoms with Crippen LogP contribution >= 0.6 is 11.8 Å². The summed E-state index contributed by atoms with van der Waals surface area (Å²) in [5.41, 5.74) is 4.23. The van der Waals surface area contributed by atoms with Crippen molar-refractivity contribution in [1.29, 1.82) is 0 Å². The number of hydrogen-bond donors (Lipinski definition) is 1. The predicted molar refractivity (Wildman–Crippen MR) is 99.8 cm³/mol. The normalized spacial score (nSPS) is 10.4. The molecule has 0 amide bonds. The van der Waals surface area contributed by atoms with Crippen LogP contribution in [0, 0.1) is 13.8 Å². The van der Waals surface area contributed by atoms with Crippen molar-refractivity contribution >= 4 is 17.6 Å². The Morgan fingerprint density at radius 1 is 1.04 bits per heavy atom. The van der Waals surface area contributed by atoms with Gasteiger partial charge in [0, 0.05) is 24.2 Å².